The molecule has 1 aromatic heterocycles. The first-order chi connectivity index (χ1) is 10.9. The molecule has 1 aromatic rings. The maximum Gasteiger partial charge on any atom is 0.241 e. The van der Waals surface area contributed by atoms with Crippen LogP contribution in [0, 0.1) is 0 Å². The minimum atomic E-state index is -0.0559. The molecule has 2 amide bonds. The van der Waals surface area contributed by atoms with Crippen LogP contribution in [0.1, 0.15) is 18.9 Å². The van der Waals surface area contributed by atoms with E-state index in [0.29, 0.717) is 13.1 Å². The Kier molecular flexibility index (Phi) is 8.26. The number of carbonyl (C=O) groups is 2. The first kappa shape index (κ1) is 19.1. The summed E-state index contributed by atoms with van der Waals surface area (Å²) in [6.45, 7) is 3.80. The van der Waals surface area contributed by atoms with E-state index >= 15 is 0 Å². The molecular weight excluding hydrogens is 292 g/mol. The molecule has 1 heterocycles. The van der Waals surface area contributed by atoms with E-state index in [9.17, 15) is 9.59 Å². The molecular formula is C17H28N4O2. The smallest absolute Gasteiger partial charge is 0.241 e. The van der Waals surface area contributed by atoms with Crippen LogP contribution in [-0.4, -0.2) is 78.8 Å². The molecule has 23 heavy (non-hydrogen) atoms. The number of carbonyl (C=O) groups excluding carboxylic acids is 2. The summed E-state index contributed by atoms with van der Waals surface area (Å²) in [7, 11) is 5.77. The maximum absolute atomic E-state index is 12.3. The van der Waals surface area contributed by atoms with E-state index < -0.39 is 0 Å². The second-order valence-electron chi connectivity index (χ2n) is 6.02. The lowest BCUT2D eigenvalue weighted by molar-refractivity contribution is -0.138. The van der Waals surface area contributed by atoms with Gasteiger partial charge < -0.3 is 14.7 Å². The quantitative estimate of drug-likeness (QED) is 0.678. The van der Waals surface area contributed by atoms with Crippen molar-refractivity contribution in [1.82, 2.24) is 19.7 Å². The molecule has 0 aromatic carbocycles. The lowest BCUT2D eigenvalue weighted by atomic mass is 10.2. The predicted molar refractivity (Wildman–Crippen MR) is 91.0 cm³/mol. The summed E-state index contributed by atoms with van der Waals surface area (Å²) >= 11 is 0. The first-order valence-electron chi connectivity index (χ1n) is 7.93. The Morgan fingerprint density at radius 1 is 1.04 bits per heavy atom. The van der Waals surface area contributed by atoms with Gasteiger partial charge in [-0.05, 0) is 51.2 Å². The van der Waals surface area contributed by atoms with Crippen molar-refractivity contribution in [1.29, 1.82) is 0 Å². The van der Waals surface area contributed by atoms with Crippen molar-refractivity contribution in [3.05, 3.63) is 30.1 Å². The van der Waals surface area contributed by atoms with Gasteiger partial charge in [-0.3, -0.25) is 14.6 Å². The number of rotatable bonds is 9. The number of aromatic nitrogens is 1. The highest BCUT2D eigenvalue weighted by molar-refractivity contribution is 5.83. The third-order valence-electron chi connectivity index (χ3n) is 3.72. The second kappa shape index (κ2) is 9.94. The minimum absolute atomic E-state index is 0.0286. The number of pyridine rings is 1. The molecule has 128 valence electrons. The van der Waals surface area contributed by atoms with E-state index in [1.165, 1.54) is 6.92 Å². The van der Waals surface area contributed by atoms with Crippen LogP contribution in [0.4, 0.5) is 0 Å². The number of hydrogen-bond acceptors (Lipinski definition) is 4. The molecule has 1 rings (SSSR count). The highest BCUT2D eigenvalue weighted by Crippen LogP contribution is 2.01. The van der Waals surface area contributed by atoms with Crippen LogP contribution in [0.5, 0.6) is 0 Å². The summed E-state index contributed by atoms with van der Waals surface area (Å²) < 4.78 is 0. The molecule has 0 bridgehead atoms. The molecule has 0 N–H and O–H groups in total. The Morgan fingerprint density at radius 3 is 2.26 bits per heavy atom. The van der Waals surface area contributed by atoms with Crippen molar-refractivity contribution in [2.45, 2.75) is 19.8 Å². The molecule has 0 aliphatic carbocycles. The molecule has 0 fully saturated rings. The van der Waals surface area contributed by atoms with E-state index in [4.69, 9.17) is 0 Å². The standard InChI is InChI=1S/C17H28N4O2/c1-15(22)21(12-5-11-19(2)3)14-17(23)20(4)13-8-16-6-9-18-10-7-16/h6-7,9-10H,5,8,11-14H2,1-4H3. The van der Waals surface area contributed by atoms with Gasteiger partial charge in [-0.15, -0.1) is 0 Å². The summed E-state index contributed by atoms with van der Waals surface area (Å²) in [5.41, 5.74) is 1.15. The van der Waals surface area contributed by atoms with Crippen molar-refractivity contribution in [3.8, 4) is 0 Å². The van der Waals surface area contributed by atoms with Gasteiger partial charge in [0.05, 0.1) is 6.54 Å². The molecule has 6 heteroatoms. The Hall–Kier alpha value is -1.95. The van der Waals surface area contributed by atoms with Crippen molar-refractivity contribution in [2.24, 2.45) is 0 Å². The molecule has 0 saturated carbocycles. The van der Waals surface area contributed by atoms with Crippen LogP contribution in [-0.2, 0) is 16.0 Å². The van der Waals surface area contributed by atoms with Gasteiger partial charge in [-0.2, -0.15) is 0 Å². The molecule has 0 aliphatic rings. The van der Waals surface area contributed by atoms with Crippen LogP contribution in [0.2, 0.25) is 0 Å². The maximum atomic E-state index is 12.3. The second-order valence-corrected chi connectivity index (χ2v) is 6.02. The monoisotopic (exact) mass is 320 g/mol. The largest absolute Gasteiger partial charge is 0.344 e. The molecule has 0 aliphatic heterocycles. The molecule has 0 atom stereocenters. The zero-order chi connectivity index (χ0) is 17.2. The Balaban J connectivity index is 2.42. The average Bonchev–Trinajstić information content (AvgIpc) is 2.52. The Bertz CT molecular complexity index is 491. The SMILES string of the molecule is CC(=O)N(CCCN(C)C)CC(=O)N(C)CCc1ccncc1. The van der Waals surface area contributed by atoms with Crippen LogP contribution in [0.15, 0.2) is 24.5 Å². The summed E-state index contributed by atoms with van der Waals surface area (Å²) in [6, 6.07) is 3.89. The summed E-state index contributed by atoms with van der Waals surface area (Å²) in [5, 5.41) is 0. The van der Waals surface area contributed by atoms with Crippen LogP contribution in [0.3, 0.4) is 0 Å². The lowest BCUT2D eigenvalue weighted by Crippen LogP contribution is -2.42. The van der Waals surface area contributed by atoms with Crippen molar-refractivity contribution in [3.63, 3.8) is 0 Å². The van der Waals surface area contributed by atoms with Gasteiger partial charge in [0.25, 0.3) is 0 Å². The van der Waals surface area contributed by atoms with Gasteiger partial charge in [-0.25, -0.2) is 0 Å². The summed E-state index contributed by atoms with van der Waals surface area (Å²) in [5.74, 6) is -0.0845. The third-order valence-corrected chi connectivity index (χ3v) is 3.72. The summed E-state index contributed by atoms with van der Waals surface area (Å²) in [4.78, 5) is 33.3. The van der Waals surface area contributed by atoms with Crippen LogP contribution >= 0.6 is 0 Å². The zero-order valence-corrected chi connectivity index (χ0v) is 14.7. The fourth-order valence-corrected chi connectivity index (χ4v) is 2.18. The number of hydrogen-bond donors (Lipinski definition) is 0. The van der Waals surface area contributed by atoms with Crippen LogP contribution in [0.25, 0.3) is 0 Å². The molecule has 0 saturated heterocycles. The van der Waals surface area contributed by atoms with Crippen molar-refractivity contribution < 1.29 is 9.59 Å². The Morgan fingerprint density at radius 2 is 1.70 bits per heavy atom. The van der Waals surface area contributed by atoms with E-state index in [1.54, 1.807) is 29.2 Å². The fraction of sp³-hybridized carbons (Fsp3) is 0.588. The highest BCUT2D eigenvalue weighted by Gasteiger charge is 2.16. The van der Waals surface area contributed by atoms with E-state index in [0.717, 1.165) is 24.9 Å². The van der Waals surface area contributed by atoms with Gasteiger partial charge in [-0.1, -0.05) is 0 Å². The third kappa shape index (κ3) is 7.74. The normalized spacial score (nSPS) is 10.7. The predicted octanol–water partition coefficient (Wildman–Crippen LogP) is 0.883. The van der Waals surface area contributed by atoms with Crippen molar-refractivity contribution >= 4 is 11.8 Å². The van der Waals surface area contributed by atoms with Gasteiger partial charge >= 0.3 is 0 Å². The average molecular weight is 320 g/mol. The number of amides is 2. The van der Waals surface area contributed by atoms with E-state index in [1.807, 2.05) is 26.2 Å². The number of likely N-dealkylation sites (N-methyl/N-ethyl adjacent to an activating group) is 1. The van der Waals surface area contributed by atoms with Crippen LogP contribution < -0.4 is 0 Å². The topological polar surface area (TPSA) is 56.8 Å². The van der Waals surface area contributed by atoms with Gasteiger partial charge in [0, 0.05) is 39.5 Å². The highest BCUT2D eigenvalue weighted by atomic mass is 16.2. The summed E-state index contributed by atoms with van der Waals surface area (Å²) in [6.07, 6.45) is 5.14. The zero-order valence-electron chi connectivity index (χ0n) is 14.7. The van der Waals surface area contributed by atoms with Gasteiger partial charge in [0.2, 0.25) is 11.8 Å². The molecule has 0 unspecified atom stereocenters. The Labute approximate surface area is 139 Å². The van der Waals surface area contributed by atoms with Gasteiger partial charge in [0.1, 0.15) is 0 Å². The lowest BCUT2D eigenvalue weighted by Gasteiger charge is -2.25. The fourth-order valence-electron chi connectivity index (χ4n) is 2.18. The molecule has 6 nitrogen and oxygen atoms in total. The molecule has 0 spiro atoms. The minimum Gasteiger partial charge on any atom is -0.344 e. The van der Waals surface area contributed by atoms with Gasteiger partial charge in [0.15, 0.2) is 0 Å². The number of nitrogens with zero attached hydrogens (tertiary/aromatic N) is 4. The molecule has 0 radical (unpaired) electrons. The van der Waals surface area contributed by atoms with E-state index in [-0.39, 0.29) is 18.4 Å². The first-order valence-corrected chi connectivity index (χ1v) is 7.93. The van der Waals surface area contributed by atoms with E-state index in [2.05, 4.69) is 9.88 Å². The van der Waals surface area contributed by atoms with Crippen molar-refractivity contribution in [2.75, 3.05) is 47.3 Å².